The first-order valence-corrected chi connectivity index (χ1v) is 10.2. The smallest absolute Gasteiger partial charge is 0.126 e. The molecule has 0 spiro atoms. The molecular weight excluding hydrogens is 389 g/mol. The highest BCUT2D eigenvalue weighted by Gasteiger charge is 2.16. The summed E-state index contributed by atoms with van der Waals surface area (Å²) in [5.41, 5.74) is 3.54. The second-order valence-corrected chi connectivity index (χ2v) is 7.71. The van der Waals surface area contributed by atoms with E-state index in [1.165, 1.54) is 12.1 Å². The lowest BCUT2D eigenvalue weighted by Gasteiger charge is -2.21. The zero-order valence-electron chi connectivity index (χ0n) is 16.1. The Morgan fingerprint density at radius 2 is 1.93 bits per heavy atom. The summed E-state index contributed by atoms with van der Waals surface area (Å²) >= 11 is 6.43. The number of aromatic nitrogens is 2. The number of anilines is 1. The van der Waals surface area contributed by atoms with E-state index in [1.807, 2.05) is 30.3 Å². The molecule has 0 bridgehead atoms. The average Bonchev–Trinajstić information content (AvgIpc) is 2.75. The summed E-state index contributed by atoms with van der Waals surface area (Å²) in [6.45, 7) is 2.14. The fourth-order valence-electron chi connectivity index (χ4n) is 3.56. The van der Waals surface area contributed by atoms with Crippen molar-refractivity contribution in [2.24, 2.45) is 5.92 Å². The van der Waals surface area contributed by atoms with Gasteiger partial charge < -0.3 is 10.1 Å². The molecule has 3 heterocycles. The topological polar surface area (TPSA) is 47.0 Å². The van der Waals surface area contributed by atoms with E-state index in [4.69, 9.17) is 21.3 Å². The van der Waals surface area contributed by atoms with Gasteiger partial charge in [0.25, 0.3) is 0 Å². The van der Waals surface area contributed by atoms with Gasteiger partial charge in [-0.1, -0.05) is 29.8 Å². The molecule has 1 saturated heterocycles. The van der Waals surface area contributed by atoms with E-state index in [-0.39, 0.29) is 5.82 Å². The van der Waals surface area contributed by atoms with Crippen molar-refractivity contribution >= 4 is 17.4 Å². The number of pyridine rings is 2. The van der Waals surface area contributed by atoms with Crippen LogP contribution in [0.5, 0.6) is 0 Å². The maximum absolute atomic E-state index is 13.4. The van der Waals surface area contributed by atoms with E-state index in [1.54, 1.807) is 12.3 Å². The van der Waals surface area contributed by atoms with Crippen molar-refractivity contribution in [2.75, 3.05) is 18.5 Å². The highest BCUT2D eigenvalue weighted by molar-refractivity contribution is 6.33. The summed E-state index contributed by atoms with van der Waals surface area (Å²) in [4.78, 5) is 9.21. The maximum atomic E-state index is 13.4. The van der Waals surface area contributed by atoms with Gasteiger partial charge in [0.2, 0.25) is 0 Å². The van der Waals surface area contributed by atoms with E-state index in [0.717, 1.165) is 55.0 Å². The van der Waals surface area contributed by atoms with Crippen molar-refractivity contribution in [3.8, 4) is 11.3 Å². The molecule has 150 valence electrons. The van der Waals surface area contributed by atoms with Crippen molar-refractivity contribution in [1.82, 2.24) is 9.97 Å². The van der Waals surface area contributed by atoms with Crippen LogP contribution < -0.4 is 5.32 Å². The highest BCUT2D eigenvalue weighted by Crippen LogP contribution is 2.29. The van der Waals surface area contributed by atoms with Gasteiger partial charge in [-0.05, 0) is 61.1 Å². The molecule has 0 amide bonds. The van der Waals surface area contributed by atoms with Crippen LogP contribution in [0.25, 0.3) is 11.3 Å². The van der Waals surface area contributed by atoms with Gasteiger partial charge in [-0.2, -0.15) is 0 Å². The number of ether oxygens (including phenoxy) is 1. The molecule has 0 saturated carbocycles. The summed E-state index contributed by atoms with van der Waals surface area (Å²) < 4.78 is 18.8. The largest absolute Gasteiger partial charge is 0.381 e. The standard InChI is InChI=1S/C23H23ClFN3O/c24-21-15-26-19(12-16-7-9-29-10-8-16)13-20(21)22-5-2-6-23(28-22)27-14-17-3-1-4-18(25)11-17/h1-6,11,13,15-16H,7-10,12,14H2,(H,27,28). The van der Waals surface area contributed by atoms with Gasteiger partial charge in [0, 0.05) is 37.2 Å². The van der Waals surface area contributed by atoms with E-state index in [2.05, 4.69) is 10.3 Å². The van der Waals surface area contributed by atoms with Crippen LogP contribution in [0, 0.1) is 11.7 Å². The first kappa shape index (κ1) is 19.8. The minimum atomic E-state index is -0.244. The number of benzene rings is 1. The summed E-state index contributed by atoms with van der Waals surface area (Å²) in [7, 11) is 0. The quantitative estimate of drug-likeness (QED) is 0.580. The molecule has 1 aliphatic heterocycles. The SMILES string of the molecule is Fc1cccc(CNc2cccc(-c3cc(CC4CCOCC4)ncc3Cl)n2)c1. The molecule has 3 aromatic rings. The summed E-state index contributed by atoms with van der Waals surface area (Å²) in [5.74, 6) is 1.06. The van der Waals surface area contributed by atoms with E-state index in [0.29, 0.717) is 23.3 Å². The molecule has 1 fully saturated rings. The monoisotopic (exact) mass is 411 g/mol. The maximum Gasteiger partial charge on any atom is 0.126 e. The minimum absolute atomic E-state index is 0.244. The molecular formula is C23H23ClFN3O. The highest BCUT2D eigenvalue weighted by atomic mass is 35.5. The van der Waals surface area contributed by atoms with E-state index >= 15 is 0 Å². The third-order valence-electron chi connectivity index (χ3n) is 5.14. The third kappa shape index (κ3) is 5.31. The van der Waals surface area contributed by atoms with Crippen LogP contribution in [-0.4, -0.2) is 23.2 Å². The fraction of sp³-hybridized carbons (Fsp3) is 0.304. The Morgan fingerprint density at radius 1 is 1.10 bits per heavy atom. The van der Waals surface area contributed by atoms with Gasteiger partial charge in [0.1, 0.15) is 11.6 Å². The normalized spacial score (nSPS) is 14.7. The number of rotatable bonds is 6. The van der Waals surface area contributed by atoms with Crippen molar-refractivity contribution in [1.29, 1.82) is 0 Å². The lowest BCUT2D eigenvalue weighted by Crippen LogP contribution is -2.18. The fourth-order valence-corrected chi connectivity index (χ4v) is 3.76. The lowest BCUT2D eigenvalue weighted by molar-refractivity contribution is 0.0663. The Labute approximate surface area is 175 Å². The zero-order valence-corrected chi connectivity index (χ0v) is 16.8. The van der Waals surface area contributed by atoms with Crippen molar-refractivity contribution in [3.63, 3.8) is 0 Å². The second-order valence-electron chi connectivity index (χ2n) is 7.31. The number of nitrogens with one attached hydrogen (secondary N) is 1. The summed E-state index contributed by atoms with van der Waals surface area (Å²) in [5, 5.41) is 3.83. The van der Waals surface area contributed by atoms with Gasteiger partial charge in [0.15, 0.2) is 0 Å². The number of hydrogen-bond donors (Lipinski definition) is 1. The van der Waals surface area contributed by atoms with Crippen LogP contribution in [0.3, 0.4) is 0 Å². The molecule has 1 N–H and O–H groups in total. The van der Waals surface area contributed by atoms with Gasteiger partial charge in [-0.3, -0.25) is 4.98 Å². The zero-order chi connectivity index (χ0) is 20.1. The molecule has 29 heavy (non-hydrogen) atoms. The van der Waals surface area contributed by atoms with Gasteiger partial charge >= 0.3 is 0 Å². The number of nitrogens with zero attached hydrogens (tertiary/aromatic N) is 2. The summed E-state index contributed by atoms with van der Waals surface area (Å²) in [6.07, 6.45) is 4.76. The van der Waals surface area contributed by atoms with Crippen LogP contribution in [0.4, 0.5) is 10.2 Å². The van der Waals surface area contributed by atoms with Gasteiger partial charge in [-0.25, -0.2) is 9.37 Å². The number of hydrogen-bond acceptors (Lipinski definition) is 4. The Bertz CT molecular complexity index is 976. The molecule has 0 unspecified atom stereocenters. The predicted octanol–water partition coefficient (Wildman–Crippen LogP) is 5.52. The Kier molecular flexibility index (Phi) is 6.37. The molecule has 6 heteroatoms. The second kappa shape index (κ2) is 9.33. The third-order valence-corrected chi connectivity index (χ3v) is 5.44. The van der Waals surface area contributed by atoms with Gasteiger partial charge in [0.05, 0.1) is 10.7 Å². The summed E-state index contributed by atoms with van der Waals surface area (Å²) in [6, 6.07) is 14.3. The van der Waals surface area contributed by atoms with Crippen LogP contribution >= 0.6 is 11.6 Å². The molecule has 0 radical (unpaired) electrons. The molecule has 1 aliphatic rings. The molecule has 2 aromatic heterocycles. The Hall–Kier alpha value is -2.50. The first-order valence-electron chi connectivity index (χ1n) is 9.85. The van der Waals surface area contributed by atoms with Crippen LogP contribution in [0.1, 0.15) is 24.1 Å². The lowest BCUT2D eigenvalue weighted by atomic mass is 9.94. The molecule has 0 atom stereocenters. The van der Waals surface area contributed by atoms with E-state index < -0.39 is 0 Å². The van der Waals surface area contributed by atoms with Crippen molar-refractivity contribution in [2.45, 2.75) is 25.8 Å². The molecule has 4 nitrogen and oxygen atoms in total. The van der Waals surface area contributed by atoms with Crippen LogP contribution in [-0.2, 0) is 17.7 Å². The first-order chi connectivity index (χ1) is 14.2. The Morgan fingerprint density at radius 3 is 2.76 bits per heavy atom. The van der Waals surface area contributed by atoms with Crippen molar-refractivity contribution in [3.05, 3.63) is 76.8 Å². The average molecular weight is 412 g/mol. The van der Waals surface area contributed by atoms with Crippen LogP contribution in [0.2, 0.25) is 5.02 Å². The number of halogens is 2. The van der Waals surface area contributed by atoms with Gasteiger partial charge in [-0.15, -0.1) is 0 Å². The Balaban J connectivity index is 1.50. The predicted molar refractivity (Wildman–Crippen MR) is 113 cm³/mol. The minimum Gasteiger partial charge on any atom is -0.381 e. The van der Waals surface area contributed by atoms with E-state index in [9.17, 15) is 4.39 Å². The van der Waals surface area contributed by atoms with Crippen LogP contribution in [0.15, 0.2) is 54.7 Å². The van der Waals surface area contributed by atoms with Crippen molar-refractivity contribution < 1.29 is 9.13 Å². The molecule has 0 aliphatic carbocycles. The molecule has 1 aromatic carbocycles. The molecule has 4 rings (SSSR count).